The molecule has 3 atom stereocenters. The third-order valence-corrected chi connectivity index (χ3v) is 13.3. The summed E-state index contributed by atoms with van der Waals surface area (Å²) in [4.78, 5) is 68.7. The Morgan fingerprint density at radius 2 is 1.63 bits per heavy atom. The van der Waals surface area contributed by atoms with Gasteiger partial charge in [-0.25, -0.2) is 19.6 Å². The molecule has 5 aromatic rings. The van der Waals surface area contributed by atoms with Crippen molar-refractivity contribution in [3.8, 4) is 39.5 Å². The minimum absolute atomic E-state index is 0.0285. The number of nitrogens with zero attached hydrogens (tertiary/aromatic N) is 7. The SMILES string of the molecule is CCn1c(-c2nonc2N)nc2c(C#CC(C)(C)O)ncc(OCCCCCCCC(=O)NCCOCCOCCOCC(=O)N[C@H](C(=O)N3C[C@H](O)C[C@H]3C(=O)NCc3ccc(-c4scnc4C)cc3)C(C)(C)C)c21. The van der Waals surface area contributed by atoms with Crippen LogP contribution in [0.25, 0.3) is 33.0 Å². The molecular weight excluding hydrogens is 999 g/mol. The molecular formula is C53H73N11O11S. The minimum atomic E-state index is -1.23. The molecule has 412 valence electrons. The van der Waals surface area contributed by atoms with E-state index in [1.165, 1.54) is 4.90 Å². The lowest BCUT2D eigenvalue weighted by molar-refractivity contribution is -0.144. The largest absolute Gasteiger partial charge is 0.490 e. The number of amides is 4. The molecule has 1 aromatic carbocycles. The molecule has 6 rings (SSSR count). The van der Waals surface area contributed by atoms with Crippen molar-refractivity contribution >= 4 is 51.8 Å². The number of nitrogens with two attached hydrogens (primary N) is 1. The first-order valence-corrected chi connectivity index (χ1v) is 26.6. The number of thiazole rings is 1. The number of unbranched alkanes of at least 4 members (excludes halogenated alkanes) is 4. The van der Waals surface area contributed by atoms with Crippen molar-refractivity contribution in [2.24, 2.45) is 5.41 Å². The summed E-state index contributed by atoms with van der Waals surface area (Å²) in [5.41, 5.74) is 10.6. The number of hydrogen-bond donors (Lipinski definition) is 6. The van der Waals surface area contributed by atoms with Gasteiger partial charge in [-0.05, 0) is 73.3 Å². The molecule has 4 aromatic heterocycles. The predicted octanol–water partition coefficient (Wildman–Crippen LogP) is 4.33. The number of rotatable bonds is 28. The van der Waals surface area contributed by atoms with Gasteiger partial charge < -0.3 is 60.3 Å². The number of ether oxygens (including phenoxy) is 4. The predicted molar refractivity (Wildman–Crippen MR) is 284 cm³/mol. The van der Waals surface area contributed by atoms with E-state index in [-0.39, 0.29) is 57.0 Å². The fraction of sp³-hybridized carbons (Fsp3) is 0.566. The Morgan fingerprint density at radius 1 is 0.921 bits per heavy atom. The zero-order valence-electron chi connectivity index (χ0n) is 44.6. The summed E-state index contributed by atoms with van der Waals surface area (Å²) in [6.45, 7) is 15.1. The molecule has 1 aliphatic rings. The number of aryl methyl sites for hydroxylation is 2. The summed E-state index contributed by atoms with van der Waals surface area (Å²) in [7, 11) is 0. The molecule has 0 aliphatic carbocycles. The number of imidazole rings is 1. The topological polar surface area (TPSA) is 294 Å². The van der Waals surface area contributed by atoms with E-state index >= 15 is 0 Å². The number of β-amino-alcohol motifs (C(OH)–C–C–N with tert-alkyl or cyclic N) is 1. The van der Waals surface area contributed by atoms with E-state index in [0.29, 0.717) is 79.9 Å². The van der Waals surface area contributed by atoms with Crippen LogP contribution in [0.4, 0.5) is 5.82 Å². The molecule has 0 saturated carbocycles. The van der Waals surface area contributed by atoms with Crippen LogP contribution in [-0.4, -0.2) is 152 Å². The van der Waals surface area contributed by atoms with Gasteiger partial charge in [-0.2, -0.15) is 0 Å². The number of nitrogens with one attached hydrogen (secondary N) is 3. The molecule has 1 saturated heterocycles. The molecule has 23 heteroatoms. The summed E-state index contributed by atoms with van der Waals surface area (Å²) in [6.07, 6.45) is 5.52. The van der Waals surface area contributed by atoms with E-state index in [1.807, 2.05) is 63.5 Å². The Bertz CT molecular complexity index is 2770. The fourth-order valence-corrected chi connectivity index (χ4v) is 9.21. The summed E-state index contributed by atoms with van der Waals surface area (Å²) < 4.78 is 29.6. The number of nitrogen functional groups attached to an aromatic ring is 1. The van der Waals surface area contributed by atoms with Crippen LogP contribution in [0.1, 0.15) is 103 Å². The highest BCUT2D eigenvalue weighted by molar-refractivity contribution is 7.13. The molecule has 0 radical (unpaired) electrons. The van der Waals surface area contributed by atoms with Crippen molar-refractivity contribution in [1.82, 2.24) is 50.7 Å². The number of fused-ring (bicyclic) bond motifs is 1. The Morgan fingerprint density at radius 3 is 2.30 bits per heavy atom. The minimum Gasteiger partial charge on any atom is -0.490 e. The van der Waals surface area contributed by atoms with Gasteiger partial charge in [0.05, 0.1) is 68.0 Å². The van der Waals surface area contributed by atoms with Crippen molar-refractivity contribution in [1.29, 1.82) is 0 Å². The van der Waals surface area contributed by atoms with Gasteiger partial charge in [-0.15, -0.1) is 11.3 Å². The van der Waals surface area contributed by atoms with Crippen molar-refractivity contribution in [2.45, 2.75) is 130 Å². The molecule has 76 heavy (non-hydrogen) atoms. The zero-order valence-corrected chi connectivity index (χ0v) is 45.4. The number of carbonyl (C=O) groups is 4. The molecule has 22 nitrogen and oxygen atoms in total. The maximum atomic E-state index is 13.9. The van der Waals surface area contributed by atoms with Crippen molar-refractivity contribution in [3.05, 3.63) is 52.9 Å². The molecule has 1 fully saturated rings. The van der Waals surface area contributed by atoms with Crippen LogP contribution in [0.15, 0.2) is 40.6 Å². The molecule has 5 heterocycles. The van der Waals surface area contributed by atoms with Gasteiger partial charge in [0.2, 0.25) is 23.6 Å². The van der Waals surface area contributed by atoms with Gasteiger partial charge in [0, 0.05) is 39.0 Å². The maximum absolute atomic E-state index is 13.9. The maximum Gasteiger partial charge on any atom is 0.246 e. The monoisotopic (exact) mass is 1070 g/mol. The second kappa shape index (κ2) is 28.0. The number of benzene rings is 1. The number of aliphatic hydroxyl groups excluding tert-OH is 1. The lowest BCUT2D eigenvalue weighted by atomic mass is 9.85. The van der Waals surface area contributed by atoms with Gasteiger partial charge in [0.15, 0.2) is 23.1 Å². The molecule has 0 spiro atoms. The number of pyridine rings is 1. The smallest absolute Gasteiger partial charge is 0.246 e. The molecule has 4 amide bonds. The van der Waals surface area contributed by atoms with Gasteiger partial charge in [-0.3, -0.25) is 19.2 Å². The third kappa shape index (κ3) is 17.0. The normalized spacial score (nSPS) is 15.1. The standard InChI is InChI=1S/C53H73N11O11S/c1-8-63-45-40(30-56-38(19-20-53(6,7)70)43(45)60-49(63)44-48(54)62-75-61-44)74-22-13-11-9-10-12-14-41(66)55-21-23-71-24-25-72-26-27-73-32-42(67)59-47(52(3,4)5)51(69)64-31-37(65)28-39(64)50(68)57-29-35-15-17-36(18-16-35)46-34(2)58-33-76-46/h15-18,30,33,37,39,47,65,70H,8-14,21-29,31-32H2,1-7H3,(H2,54,62)(H,55,66)(H,57,68)(H,59,67)/t37-,39+,47-/m1/s1. The number of hydrogen-bond acceptors (Lipinski definition) is 18. The summed E-state index contributed by atoms with van der Waals surface area (Å²) >= 11 is 1.57. The fourth-order valence-electron chi connectivity index (χ4n) is 8.40. The molecule has 1 aliphatic heterocycles. The van der Waals surface area contributed by atoms with E-state index in [0.717, 1.165) is 53.8 Å². The Balaban J connectivity index is 0.790. The zero-order chi connectivity index (χ0) is 54.8. The average Bonchev–Trinajstić information content (AvgIpc) is 4.20. The van der Waals surface area contributed by atoms with Crippen LogP contribution < -0.4 is 26.4 Å². The van der Waals surface area contributed by atoms with Crippen LogP contribution in [0.5, 0.6) is 5.75 Å². The highest BCUT2D eigenvalue weighted by Crippen LogP contribution is 2.34. The van der Waals surface area contributed by atoms with Crippen LogP contribution in [0.2, 0.25) is 0 Å². The van der Waals surface area contributed by atoms with E-state index in [1.54, 1.807) is 36.9 Å². The lowest BCUT2D eigenvalue weighted by Gasteiger charge is -2.35. The molecule has 0 bridgehead atoms. The number of likely N-dealkylation sites (tertiary alicyclic amines) is 1. The number of aliphatic hydroxyl groups is 2. The highest BCUT2D eigenvalue weighted by atomic mass is 32.1. The Hall–Kier alpha value is -6.55. The van der Waals surface area contributed by atoms with Gasteiger partial charge in [0.25, 0.3) is 0 Å². The summed E-state index contributed by atoms with van der Waals surface area (Å²) in [5.74, 6) is 5.41. The quantitative estimate of drug-likeness (QED) is 0.0300. The first kappa shape index (κ1) is 58.7. The van der Waals surface area contributed by atoms with Crippen molar-refractivity contribution in [2.75, 3.05) is 65.1 Å². The van der Waals surface area contributed by atoms with E-state index in [9.17, 15) is 29.4 Å². The van der Waals surface area contributed by atoms with Crippen LogP contribution in [0.3, 0.4) is 0 Å². The highest BCUT2D eigenvalue weighted by Gasteiger charge is 2.44. The second-order valence-electron chi connectivity index (χ2n) is 20.1. The van der Waals surface area contributed by atoms with Gasteiger partial charge >= 0.3 is 0 Å². The second-order valence-corrected chi connectivity index (χ2v) is 20.9. The van der Waals surface area contributed by atoms with Gasteiger partial charge in [-0.1, -0.05) is 70.2 Å². The average molecular weight is 1070 g/mol. The lowest BCUT2D eigenvalue weighted by Crippen LogP contribution is -2.58. The summed E-state index contributed by atoms with van der Waals surface area (Å²) in [5, 5.41) is 37.0. The first-order chi connectivity index (χ1) is 36.3. The molecule has 0 unspecified atom stereocenters. The summed E-state index contributed by atoms with van der Waals surface area (Å²) in [6, 6.07) is 5.96. The van der Waals surface area contributed by atoms with E-state index in [4.69, 9.17) is 34.3 Å². The van der Waals surface area contributed by atoms with Crippen LogP contribution >= 0.6 is 11.3 Å². The van der Waals surface area contributed by atoms with E-state index in [2.05, 4.69) is 48.1 Å². The van der Waals surface area contributed by atoms with Crippen molar-refractivity contribution < 1.29 is 53.0 Å². The molecule has 7 N–H and O–H groups in total. The third-order valence-electron chi connectivity index (χ3n) is 12.3. The Labute approximate surface area is 447 Å². The van der Waals surface area contributed by atoms with Crippen LogP contribution in [-0.2, 0) is 46.5 Å². The number of anilines is 1. The Kier molecular flexibility index (Phi) is 21.6. The van der Waals surface area contributed by atoms with Crippen LogP contribution in [0, 0.1) is 24.2 Å². The first-order valence-electron chi connectivity index (χ1n) is 25.8. The van der Waals surface area contributed by atoms with Crippen molar-refractivity contribution in [3.63, 3.8) is 0 Å². The van der Waals surface area contributed by atoms with Gasteiger partial charge in [0.1, 0.15) is 41.0 Å². The number of carbonyl (C=O) groups excluding carboxylic acids is 4. The number of aromatic nitrogens is 6. The van der Waals surface area contributed by atoms with E-state index < -0.39 is 41.0 Å².